The third kappa shape index (κ3) is 4.12. The maximum absolute atomic E-state index is 13.0. The summed E-state index contributed by atoms with van der Waals surface area (Å²) >= 11 is 0. The van der Waals surface area contributed by atoms with E-state index in [0.717, 1.165) is 18.1 Å². The van der Waals surface area contributed by atoms with Crippen molar-refractivity contribution in [3.63, 3.8) is 0 Å². The number of carbonyl (C=O) groups is 2. The minimum absolute atomic E-state index is 0.173. The van der Waals surface area contributed by atoms with Gasteiger partial charge in [-0.15, -0.1) is 0 Å². The molecule has 1 aromatic rings. The van der Waals surface area contributed by atoms with Crippen molar-refractivity contribution in [2.75, 3.05) is 26.7 Å². The van der Waals surface area contributed by atoms with Gasteiger partial charge in [0.2, 0.25) is 15.9 Å². The quantitative estimate of drug-likeness (QED) is 0.774. The highest BCUT2D eigenvalue weighted by molar-refractivity contribution is 7.89. The fourth-order valence-corrected chi connectivity index (χ4v) is 3.73. The lowest BCUT2D eigenvalue weighted by molar-refractivity contribution is -0.188. The van der Waals surface area contributed by atoms with E-state index >= 15 is 0 Å². The number of sulfonamides is 1. The molecule has 0 spiro atoms. The molecule has 0 radical (unpaired) electrons. The van der Waals surface area contributed by atoms with E-state index in [2.05, 4.69) is 4.98 Å². The van der Waals surface area contributed by atoms with Gasteiger partial charge in [0.1, 0.15) is 4.90 Å². The first-order chi connectivity index (χ1) is 11.9. The number of likely N-dealkylation sites (N-methyl/N-ethyl adjacent to an activating group) is 1. The lowest BCUT2D eigenvalue weighted by Gasteiger charge is -2.21. The molecule has 1 amide bonds. The van der Waals surface area contributed by atoms with E-state index in [1.807, 2.05) is 0 Å². The maximum Gasteiger partial charge on any atom is 0.394 e. The Bertz CT molecular complexity index is 785. The lowest BCUT2D eigenvalue weighted by atomic mass is 9.96. The number of hydrogen-bond donors (Lipinski definition) is 1. The molecule has 1 fully saturated rings. The number of aromatic nitrogens is 1. The molecule has 144 valence electrons. The smallest absolute Gasteiger partial charge is 0.394 e. The Morgan fingerprint density at radius 2 is 2.04 bits per heavy atom. The van der Waals surface area contributed by atoms with Gasteiger partial charge in [-0.25, -0.2) is 8.42 Å². The number of hydrogen-bond acceptors (Lipinski definition) is 5. The zero-order valence-corrected chi connectivity index (χ0v) is 14.4. The van der Waals surface area contributed by atoms with E-state index < -0.39 is 59.5 Å². The van der Waals surface area contributed by atoms with Gasteiger partial charge in [-0.2, -0.15) is 17.5 Å². The van der Waals surface area contributed by atoms with Crippen LogP contribution in [0.1, 0.15) is 0 Å². The zero-order chi connectivity index (χ0) is 19.7. The van der Waals surface area contributed by atoms with Gasteiger partial charge in [0.25, 0.3) is 0 Å². The molecule has 12 heteroatoms. The normalized spacial score (nSPS) is 21.2. The first-order valence-corrected chi connectivity index (χ1v) is 8.82. The van der Waals surface area contributed by atoms with Crippen LogP contribution in [0.5, 0.6) is 0 Å². The first kappa shape index (κ1) is 20.1. The Morgan fingerprint density at radius 3 is 2.50 bits per heavy atom. The number of pyridine rings is 1. The van der Waals surface area contributed by atoms with E-state index in [9.17, 15) is 31.2 Å². The molecule has 1 aliphatic rings. The van der Waals surface area contributed by atoms with Crippen molar-refractivity contribution in [1.29, 1.82) is 0 Å². The average Bonchev–Trinajstić information content (AvgIpc) is 3.01. The highest BCUT2D eigenvalue weighted by atomic mass is 32.2. The number of carboxylic acid groups (broad SMARTS) is 1. The molecule has 0 saturated carbocycles. The third-order valence-corrected chi connectivity index (χ3v) is 5.90. The molecule has 1 saturated heterocycles. The summed E-state index contributed by atoms with van der Waals surface area (Å²) in [5, 5.41) is 8.96. The van der Waals surface area contributed by atoms with Gasteiger partial charge in [0, 0.05) is 32.5 Å². The monoisotopic (exact) mass is 395 g/mol. The number of rotatable bonds is 5. The number of halogens is 3. The standard InChI is InChI=1S/C14H16F3N3O5S/c1-19(26(24,25)9-3-2-4-18-5-9)8-12(21)20-6-10(13(22)23)11(7-20)14(15,16)17/h2-5,10-11H,6-8H2,1H3,(H,22,23)/t10-,11-/m1/s1. The molecule has 2 heterocycles. The van der Waals surface area contributed by atoms with Gasteiger partial charge in [-0.1, -0.05) is 0 Å². The van der Waals surface area contributed by atoms with Crippen molar-refractivity contribution in [3.8, 4) is 0 Å². The molecule has 0 aliphatic carbocycles. The predicted molar refractivity (Wildman–Crippen MR) is 81.3 cm³/mol. The molecule has 1 aliphatic heterocycles. The number of carbonyl (C=O) groups excluding carboxylic acids is 1. The number of amides is 1. The Balaban J connectivity index is 2.11. The van der Waals surface area contributed by atoms with E-state index in [4.69, 9.17) is 5.11 Å². The summed E-state index contributed by atoms with van der Waals surface area (Å²) in [6, 6.07) is 2.65. The van der Waals surface area contributed by atoms with E-state index in [1.165, 1.54) is 18.3 Å². The van der Waals surface area contributed by atoms with Crippen molar-refractivity contribution in [2.24, 2.45) is 11.8 Å². The summed E-state index contributed by atoms with van der Waals surface area (Å²) in [6.07, 6.45) is -2.34. The number of alkyl halides is 3. The summed E-state index contributed by atoms with van der Waals surface area (Å²) in [4.78, 5) is 27.5. The maximum atomic E-state index is 13.0. The van der Waals surface area contributed by atoms with Crippen LogP contribution in [0.4, 0.5) is 13.2 Å². The molecular weight excluding hydrogens is 379 g/mol. The summed E-state index contributed by atoms with van der Waals surface area (Å²) in [5.74, 6) is -6.53. The molecule has 0 bridgehead atoms. The number of likely N-dealkylation sites (tertiary alicyclic amines) is 1. The number of carboxylic acids is 1. The van der Waals surface area contributed by atoms with Crippen LogP contribution in [0, 0.1) is 11.8 Å². The number of aliphatic carboxylic acids is 1. The lowest BCUT2D eigenvalue weighted by Crippen LogP contribution is -2.40. The second kappa shape index (κ2) is 7.19. The van der Waals surface area contributed by atoms with Gasteiger partial charge in [-0.3, -0.25) is 14.6 Å². The van der Waals surface area contributed by atoms with Crippen LogP contribution >= 0.6 is 0 Å². The molecule has 0 unspecified atom stereocenters. The molecular formula is C14H16F3N3O5S. The molecule has 26 heavy (non-hydrogen) atoms. The minimum atomic E-state index is -4.77. The Labute approximate surface area is 147 Å². The summed E-state index contributed by atoms with van der Waals surface area (Å²) in [6.45, 7) is -2.16. The van der Waals surface area contributed by atoms with Crippen molar-refractivity contribution >= 4 is 21.9 Å². The largest absolute Gasteiger partial charge is 0.481 e. The summed E-state index contributed by atoms with van der Waals surface area (Å²) in [7, 11) is -2.95. The van der Waals surface area contributed by atoms with Crippen LogP contribution in [0.2, 0.25) is 0 Å². The van der Waals surface area contributed by atoms with Gasteiger partial charge < -0.3 is 10.0 Å². The summed E-state index contributed by atoms with van der Waals surface area (Å²) in [5.41, 5.74) is 0. The van der Waals surface area contributed by atoms with Crippen LogP contribution in [-0.2, 0) is 19.6 Å². The second-order valence-electron chi connectivity index (χ2n) is 5.84. The van der Waals surface area contributed by atoms with Gasteiger partial charge in [0.15, 0.2) is 0 Å². The molecule has 8 nitrogen and oxygen atoms in total. The topological polar surface area (TPSA) is 108 Å². The van der Waals surface area contributed by atoms with Gasteiger partial charge in [0.05, 0.1) is 18.4 Å². The van der Waals surface area contributed by atoms with Gasteiger partial charge >= 0.3 is 12.1 Å². The van der Waals surface area contributed by atoms with Crippen molar-refractivity contribution in [3.05, 3.63) is 24.5 Å². The SMILES string of the molecule is CN(CC(=O)N1C[C@@H](C(F)(F)F)[C@H](C(=O)O)C1)S(=O)(=O)c1cccnc1. The minimum Gasteiger partial charge on any atom is -0.481 e. The fourth-order valence-electron chi connectivity index (χ4n) is 2.64. The van der Waals surface area contributed by atoms with E-state index in [-0.39, 0.29) is 4.90 Å². The molecule has 1 N–H and O–H groups in total. The first-order valence-electron chi connectivity index (χ1n) is 7.38. The number of nitrogens with zero attached hydrogens (tertiary/aromatic N) is 3. The summed E-state index contributed by atoms with van der Waals surface area (Å²) < 4.78 is 64.2. The highest BCUT2D eigenvalue weighted by Crippen LogP contribution is 2.37. The van der Waals surface area contributed by atoms with Gasteiger partial charge in [-0.05, 0) is 12.1 Å². The third-order valence-electron chi connectivity index (χ3n) is 4.11. The Hall–Kier alpha value is -2.21. The van der Waals surface area contributed by atoms with Crippen LogP contribution in [-0.4, -0.2) is 72.4 Å². The van der Waals surface area contributed by atoms with Crippen LogP contribution in [0.3, 0.4) is 0 Å². The fraction of sp³-hybridized carbons (Fsp3) is 0.500. The highest BCUT2D eigenvalue weighted by Gasteiger charge is 2.53. The van der Waals surface area contributed by atoms with Crippen molar-refractivity contribution in [1.82, 2.24) is 14.2 Å². The Morgan fingerprint density at radius 1 is 1.38 bits per heavy atom. The second-order valence-corrected chi connectivity index (χ2v) is 7.89. The molecule has 1 aromatic heterocycles. The molecule has 2 rings (SSSR count). The van der Waals surface area contributed by atoms with Crippen LogP contribution in [0.15, 0.2) is 29.4 Å². The van der Waals surface area contributed by atoms with E-state index in [1.54, 1.807) is 0 Å². The van der Waals surface area contributed by atoms with Crippen LogP contribution < -0.4 is 0 Å². The van der Waals surface area contributed by atoms with Crippen molar-refractivity contribution in [2.45, 2.75) is 11.1 Å². The van der Waals surface area contributed by atoms with Crippen LogP contribution in [0.25, 0.3) is 0 Å². The molecule has 0 aromatic carbocycles. The van der Waals surface area contributed by atoms with Crippen molar-refractivity contribution < 1.29 is 36.3 Å². The zero-order valence-electron chi connectivity index (χ0n) is 13.5. The van der Waals surface area contributed by atoms with E-state index in [0.29, 0.717) is 4.31 Å². The average molecular weight is 395 g/mol. The molecule has 2 atom stereocenters. The Kier molecular flexibility index (Phi) is 5.56. The predicted octanol–water partition coefficient (Wildman–Crippen LogP) is 0.424.